The number of hydrogen-bond donors (Lipinski definition) is 0. The summed E-state index contributed by atoms with van der Waals surface area (Å²) in [5.41, 5.74) is 11.0. The van der Waals surface area contributed by atoms with Gasteiger partial charge in [0.1, 0.15) is 0 Å². The van der Waals surface area contributed by atoms with Gasteiger partial charge in [0, 0.05) is 50.1 Å². The Bertz CT molecular complexity index is 3100. The first-order valence-electron chi connectivity index (χ1n) is 17.5. The van der Waals surface area contributed by atoms with Crippen LogP contribution < -0.4 is 0 Å². The average molecular weight is 664 g/mol. The van der Waals surface area contributed by atoms with E-state index < -0.39 is 0 Å². The van der Waals surface area contributed by atoms with E-state index >= 15 is 0 Å². The quantitative estimate of drug-likeness (QED) is 0.184. The van der Waals surface area contributed by atoms with Crippen molar-refractivity contribution in [3.63, 3.8) is 0 Å². The summed E-state index contributed by atoms with van der Waals surface area (Å²) < 4.78 is 4.75. The molecule has 0 saturated heterocycles. The van der Waals surface area contributed by atoms with Crippen molar-refractivity contribution < 1.29 is 0 Å². The van der Waals surface area contributed by atoms with Crippen LogP contribution in [0.25, 0.3) is 100.0 Å². The van der Waals surface area contributed by atoms with E-state index in [-0.39, 0.29) is 0 Å². The number of fused-ring (bicyclic) bond motifs is 3. The standard InChI is InChI=1S/C47H29N5/c1-3-11-30(12-4-1)31-21-23-34(24-22-31)46-48-45(33-13-5-2-6-14-33)49-47(50-46)35-15-9-16-36(29-35)52-40-20-10-18-38-37-17-7-8-19-39(37)51-28-27-32-25-26-41(52)43(42(38)40)44(32)51/h1-29H. The summed E-state index contributed by atoms with van der Waals surface area (Å²) >= 11 is 0. The van der Waals surface area contributed by atoms with Gasteiger partial charge in [0.2, 0.25) is 0 Å². The summed E-state index contributed by atoms with van der Waals surface area (Å²) in [5.74, 6) is 1.91. The van der Waals surface area contributed by atoms with Crippen LogP contribution in [0.1, 0.15) is 0 Å². The van der Waals surface area contributed by atoms with E-state index in [0.29, 0.717) is 17.5 Å². The molecule has 0 fully saturated rings. The van der Waals surface area contributed by atoms with Crippen molar-refractivity contribution in [2.45, 2.75) is 0 Å². The lowest BCUT2D eigenvalue weighted by atomic mass is 10.0. The van der Waals surface area contributed by atoms with Crippen LogP contribution in [-0.4, -0.2) is 23.9 Å². The Kier molecular flexibility index (Phi) is 6.18. The van der Waals surface area contributed by atoms with Gasteiger partial charge in [-0.05, 0) is 52.9 Å². The van der Waals surface area contributed by atoms with Gasteiger partial charge in [-0.25, -0.2) is 15.0 Å². The topological polar surface area (TPSA) is 48.0 Å². The molecule has 5 nitrogen and oxygen atoms in total. The third kappa shape index (κ3) is 4.33. The van der Waals surface area contributed by atoms with Gasteiger partial charge in [0.05, 0.1) is 22.1 Å². The zero-order chi connectivity index (χ0) is 34.2. The van der Waals surface area contributed by atoms with Crippen molar-refractivity contribution in [2.75, 3.05) is 0 Å². The van der Waals surface area contributed by atoms with E-state index in [4.69, 9.17) is 15.0 Å². The number of benzene rings is 7. The summed E-state index contributed by atoms with van der Waals surface area (Å²) in [7, 11) is 0. The van der Waals surface area contributed by atoms with Crippen LogP contribution in [0.2, 0.25) is 0 Å². The molecule has 0 aliphatic rings. The summed E-state index contributed by atoms with van der Waals surface area (Å²) in [6.07, 6.45) is 2.20. The van der Waals surface area contributed by atoms with Crippen molar-refractivity contribution in [2.24, 2.45) is 0 Å². The van der Waals surface area contributed by atoms with E-state index in [1.54, 1.807) is 0 Å². The molecular formula is C47H29N5. The summed E-state index contributed by atoms with van der Waals surface area (Å²) in [4.78, 5) is 15.2. The smallest absolute Gasteiger partial charge is 0.164 e. The predicted molar refractivity (Wildman–Crippen MR) is 213 cm³/mol. The van der Waals surface area contributed by atoms with Gasteiger partial charge in [0.25, 0.3) is 0 Å². The number of hydrogen-bond acceptors (Lipinski definition) is 3. The Morgan fingerprint density at radius 2 is 0.923 bits per heavy atom. The van der Waals surface area contributed by atoms with E-state index in [2.05, 4.69) is 149 Å². The van der Waals surface area contributed by atoms with Gasteiger partial charge in [-0.2, -0.15) is 0 Å². The Morgan fingerprint density at radius 1 is 0.365 bits per heavy atom. The lowest BCUT2D eigenvalue weighted by molar-refractivity contribution is 1.07. The van der Waals surface area contributed by atoms with Crippen molar-refractivity contribution in [3.05, 3.63) is 176 Å². The Labute approximate surface area is 299 Å². The highest BCUT2D eigenvalue weighted by molar-refractivity contribution is 6.30. The maximum Gasteiger partial charge on any atom is 0.164 e. The second-order valence-corrected chi connectivity index (χ2v) is 13.3. The fourth-order valence-corrected chi connectivity index (χ4v) is 7.96. The second-order valence-electron chi connectivity index (χ2n) is 13.3. The highest BCUT2D eigenvalue weighted by Gasteiger charge is 2.21. The average Bonchev–Trinajstić information content (AvgIpc) is 3.77. The second kappa shape index (κ2) is 11.2. The Balaban J connectivity index is 1.12. The number of para-hydroxylation sites is 1. The summed E-state index contributed by atoms with van der Waals surface area (Å²) in [6.45, 7) is 0. The highest BCUT2D eigenvalue weighted by atomic mass is 15.0. The number of aromatic nitrogens is 5. The van der Waals surface area contributed by atoms with Crippen LogP contribution in [-0.2, 0) is 0 Å². The fourth-order valence-electron chi connectivity index (χ4n) is 7.96. The largest absolute Gasteiger partial charge is 0.315 e. The predicted octanol–water partition coefficient (Wildman–Crippen LogP) is 11.6. The van der Waals surface area contributed by atoms with Crippen LogP contribution in [0.3, 0.4) is 0 Å². The number of rotatable bonds is 5. The minimum Gasteiger partial charge on any atom is -0.315 e. The van der Waals surface area contributed by atoms with Crippen LogP contribution in [0, 0.1) is 0 Å². The molecule has 0 bridgehead atoms. The van der Waals surface area contributed by atoms with Crippen molar-refractivity contribution in [1.29, 1.82) is 0 Å². The van der Waals surface area contributed by atoms with Gasteiger partial charge in [-0.1, -0.05) is 133 Å². The molecule has 11 aromatic rings. The maximum absolute atomic E-state index is 5.11. The summed E-state index contributed by atoms with van der Waals surface area (Å²) in [6, 6.07) is 59.8. The lowest BCUT2D eigenvalue weighted by Gasteiger charge is -2.12. The zero-order valence-electron chi connectivity index (χ0n) is 28.0. The minimum atomic E-state index is 0.630. The molecule has 0 radical (unpaired) electrons. The monoisotopic (exact) mass is 663 g/mol. The van der Waals surface area contributed by atoms with Gasteiger partial charge in [0.15, 0.2) is 17.5 Å². The Hall–Kier alpha value is -7.11. The minimum absolute atomic E-state index is 0.630. The molecule has 0 saturated carbocycles. The van der Waals surface area contributed by atoms with Gasteiger partial charge in [-0.3, -0.25) is 0 Å². The maximum atomic E-state index is 5.11. The molecule has 242 valence electrons. The molecule has 11 rings (SSSR count). The molecule has 52 heavy (non-hydrogen) atoms. The van der Waals surface area contributed by atoms with Gasteiger partial charge in [-0.15, -0.1) is 0 Å². The first-order valence-corrected chi connectivity index (χ1v) is 17.5. The number of nitrogens with zero attached hydrogens (tertiary/aromatic N) is 5. The molecule has 7 aromatic carbocycles. The van der Waals surface area contributed by atoms with Crippen molar-refractivity contribution in [1.82, 2.24) is 23.9 Å². The normalized spacial score (nSPS) is 11.8. The molecule has 5 heteroatoms. The van der Waals surface area contributed by atoms with E-state index in [1.807, 2.05) is 36.4 Å². The Morgan fingerprint density at radius 3 is 1.71 bits per heavy atom. The first-order chi connectivity index (χ1) is 25.8. The third-order valence-electron chi connectivity index (χ3n) is 10.3. The molecule has 0 N–H and O–H groups in total. The molecule has 0 aliphatic carbocycles. The summed E-state index contributed by atoms with van der Waals surface area (Å²) in [5, 5.41) is 6.25. The van der Waals surface area contributed by atoms with Crippen LogP contribution >= 0.6 is 0 Å². The van der Waals surface area contributed by atoms with Gasteiger partial charge >= 0.3 is 0 Å². The van der Waals surface area contributed by atoms with Crippen LogP contribution in [0.5, 0.6) is 0 Å². The molecule has 0 amide bonds. The molecule has 0 unspecified atom stereocenters. The third-order valence-corrected chi connectivity index (χ3v) is 10.3. The fraction of sp³-hybridized carbons (Fsp3) is 0. The molecule has 4 heterocycles. The van der Waals surface area contributed by atoms with E-state index in [9.17, 15) is 0 Å². The lowest BCUT2D eigenvalue weighted by Crippen LogP contribution is -2.01. The first kappa shape index (κ1) is 28.7. The SMILES string of the molecule is c1ccc(-c2ccc(-c3nc(-c4ccccc4)nc(-c4cccc(-n5c6cccc7c8ccccc8n8ccc9ccc5c(c76)c98)c4)n3)cc2)cc1. The van der Waals surface area contributed by atoms with Crippen LogP contribution in [0.4, 0.5) is 0 Å². The van der Waals surface area contributed by atoms with Crippen molar-refractivity contribution >= 4 is 49.0 Å². The van der Waals surface area contributed by atoms with E-state index in [0.717, 1.165) is 27.9 Å². The molecular weight excluding hydrogens is 635 g/mol. The highest BCUT2D eigenvalue weighted by Crippen LogP contribution is 2.43. The molecule has 4 aromatic heterocycles. The molecule has 0 aliphatic heterocycles. The molecule has 0 spiro atoms. The molecule has 0 atom stereocenters. The van der Waals surface area contributed by atoms with Gasteiger partial charge < -0.3 is 8.97 Å². The zero-order valence-corrected chi connectivity index (χ0v) is 28.0. The van der Waals surface area contributed by atoms with E-state index in [1.165, 1.54) is 54.6 Å². The van der Waals surface area contributed by atoms with Crippen LogP contribution in [0.15, 0.2) is 176 Å². The van der Waals surface area contributed by atoms with Crippen molar-refractivity contribution in [3.8, 4) is 51.0 Å².